The summed E-state index contributed by atoms with van der Waals surface area (Å²) < 4.78 is 0. The maximum absolute atomic E-state index is 4.44. The van der Waals surface area contributed by atoms with Crippen LogP contribution in [0.15, 0.2) is 91.1 Å². The Hall–Kier alpha value is -3.19. The summed E-state index contributed by atoms with van der Waals surface area (Å²) in [7, 11) is 0. The Morgan fingerprint density at radius 3 is 1.73 bits per heavy atom. The predicted molar refractivity (Wildman–Crippen MR) is 110 cm³/mol. The summed E-state index contributed by atoms with van der Waals surface area (Å²) >= 11 is 0. The van der Waals surface area contributed by atoms with Gasteiger partial charge >= 0.3 is 0 Å². The summed E-state index contributed by atoms with van der Waals surface area (Å²) in [6.45, 7) is 4.31. The van der Waals surface area contributed by atoms with Gasteiger partial charge in [-0.2, -0.15) is 0 Å². The minimum absolute atomic E-state index is 1.00. The SMILES string of the molecule is Cc1cc(C)cc(-c2ccccc2-c2ccc(-c3ccccn3)cc2)c1. The quantitative estimate of drug-likeness (QED) is 0.406. The van der Waals surface area contributed by atoms with Crippen LogP contribution in [0, 0.1) is 13.8 Å². The highest BCUT2D eigenvalue weighted by molar-refractivity contribution is 5.84. The Morgan fingerprint density at radius 1 is 0.538 bits per heavy atom. The number of hydrogen-bond acceptors (Lipinski definition) is 1. The maximum atomic E-state index is 4.44. The molecule has 0 aliphatic carbocycles. The number of nitrogens with zero attached hydrogens (tertiary/aromatic N) is 1. The fraction of sp³-hybridized carbons (Fsp3) is 0.0800. The lowest BCUT2D eigenvalue weighted by Crippen LogP contribution is -1.88. The molecule has 0 bridgehead atoms. The van der Waals surface area contributed by atoms with Crippen molar-refractivity contribution in [2.24, 2.45) is 0 Å². The molecular weight excluding hydrogens is 314 g/mol. The van der Waals surface area contributed by atoms with Crippen LogP contribution in [-0.4, -0.2) is 4.98 Å². The van der Waals surface area contributed by atoms with Gasteiger partial charge in [0.25, 0.3) is 0 Å². The molecule has 26 heavy (non-hydrogen) atoms. The molecule has 126 valence electrons. The van der Waals surface area contributed by atoms with E-state index < -0.39 is 0 Å². The first kappa shape index (κ1) is 16.3. The molecule has 0 aliphatic heterocycles. The van der Waals surface area contributed by atoms with Gasteiger partial charge in [-0.15, -0.1) is 0 Å². The van der Waals surface area contributed by atoms with Gasteiger partial charge in [-0.25, -0.2) is 0 Å². The fourth-order valence-electron chi connectivity index (χ4n) is 3.47. The molecule has 0 unspecified atom stereocenters. The molecule has 0 radical (unpaired) electrons. The van der Waals surface area contributed by atoms with Crippen LogP contribution in [0.25, 0.3) is 33.5 Å². The summed E-state index contributed by atoms with van der Waals surface area (Å²) in [5.41, 5.74) is 9.74. The molecular formula is C25H21N. The molecule has 0 N–H and O–H groups in total. The van der Waals surface area contributed by atoms with Crippen molar-refractivity contribution in [3.63, 3.8) is 0 Å². The molecule has 1 aromatic heterocycles. The van der Waals surface area contributed by atoms with Crippen LogP contribution >= 0.6 is 0 Å². The topological polar surface area (TPSA) is 12.9 Å². The van der Waals surface area contributed by atoms with E-state index in [1.54, 1.807) is 0 Å². The van der Waals surface area contributed by atoms with Crippen molar-refractivity contribution in [2.75, 3.05) is 0 Å². The van der Waals surface area contributed by atoms with Crippen molar-refractivity contribution in [1.29, 1.82) is 0 Å². The molecule has 0 amide bonds. The zero-order valence-corrected chi connectivity index (χ0v) is 15.1. The van der Waals surface area contributed by atoms with Gasteiger partial charge in [-0.1, -0.05) is 83.9 Å². The van der Waals surface area contributed by atoms with Crippen LogP contribution in [0.1, 0.15) is 11.1 Å². The fourth-order valence-corrected chi connectivity index (χ4v) is 3.47. The van der Waals surface area contributed by atoms with Gasteiger partial charge in [0, 0.05) is 11.8 Å². The van der Waals surface area contributed by atoms with Crippen molar-refractivity contribution in [2.45, 2.75) is 13.8 Å². The van der Waals surface area contributed by atoms with E-state index >= 15 is 0 Å². The van der Waals surface area contributed by atoms with Crippen molar-refractivity contribution in [3.8, 4) is 33.5 Å². The molecule has 4 rings (SSSR count). The Morgan fingerprint density at radius 2 is 1.12 bits per heavy atom. The second kappa shape index (κ2) is 6.97. The van der Waals surface area contributed by atoms with Crippen molar-refractivity contribution in [1.82, 2.24) is 4.98 Å². The van der Waals surface area contributed by atoms with E-state index in [9.17, 15) is 0 Å². The van der Waals surface area contributed by atoms with Crippen molar-refractivity contribution >= 4 is 0 Å². The molecule has 1 heterocycles. The van der Waals surface area contributed by atoms with Gasteiger partial charge in [0.2, 0.25) is 0 Å². The highest BCUT2D eigenvalue weighted by atomic mass is 14.7. The number of aromatic nitrogens is 1. The first-order valence-electron chi connectivity index (χ1n) is 8.90. The Kier molecular flexibility index (Phi) is 4.37. The second-order valence-corrected chi connectivity index (χ2v) is 6.71. The van der Waals surface area contributed by atoms with Gasteiger partial charge < -0.3 is 0 Å². The minimum Gasteiger partial charge on any atom is -0.256 e. The van der Waals surface area contributed by atoms with E-state index in [1.807, 2.05) is 24.4 Å². The molecule has 1 heteroatoms. The lowest BCUT2D eigenvalue weighted by Gasteiger charge is -2.12. The lowest BCUT2D eigenvalue weighted by atomic mass is 9.92. The van der Waals surface area contributed by atoms with E-state index in [0.717, 1.165) is 11.3 Å². The summed E-state index contributed by atoms with van der Waals surface area (Å²) in [6.07, 6.45) is 1.83. The molecule has 3 aromatic carbocycles. The van der Waals surface area contributed by atoms with Crippen molar-refractivity contribution in [3.05, 3.63) is 102 Å². The van der Waals surface area contributed by atoms with Crippen LogP contribution in [-0.2, 0) is 0 Å². The van der Waals surface area contributed by atoms with Crippen LogP contribution in [0.2, 0.25) is 0 Å². The minimum atomic E-state index is 1.00. The highest BCUT2D eigenvalue weighted by Gasteiger charge is 2.08. The third-order valence-corrected chi connectivity index (χ3v) is 4.62. The first-order chi connectivity index (χ1) is 12.7. The summed E-state index contributed by atoms with van der Waals surface area (Å²) in [6, 6.07) is 30.0. The van der Waals surface area contributed by atoms with Crippen LogP contribution in [0.5, 0.6) is 0 Å². The maximum Gasteiger partial charge on any atom is 0.0701 e. The molecule has 4 aromatic rings. The smallest absolute Gasteiger partial charge is 0.0701 e. The first-order valence-corrected chi connectivity index (χ1v) is 8.90. The number of rotatable bonds is 3. The summed E-state index contributed by atoms with van der Waals surface area (Å²) in [5.74, 6) is 0. The van der Waals surface area contributed by atoms with Gasteiger partial charge in [-0.3, -0.25) is 4.98 Å². The standard InChI is InChI=1S/C25H21N/c1-18-15-19(2)17-22(16-18)24-8-4-3-7-23(24)20-10-12-21(13-11-20)25-9-5-6-14-26-25/h3-17H,1-2H3. The van der Waals surface area contributed by atoms with E-state index in [4.69, 9.17) is 0 Å². The third kappa shape index (κ3) is 3.29. The summed E-state index contributed by atoms with van der Waals surface area (Å²) in [5, 5.41) is 0. The second-order valence-electron chi connectivity index (χ2n) is 6.71. The monoisotopic (exact) mass is 335 g/mol. The molecule has 0 saturated carbocycles. The Labute approximate surface area is 155 Å². The molecule has 0 aliphatic rings. The van der Waals surface area contributed by atoms with Gasteiger partial charge in [-0.05, 0) is 48.2 Å². The molecule has 0 saturated heterocycles. The molecule has 0 fully saturated rings. The van der Waals surface area contributed by atoms with Crippen LogP contribution in [0.3, 0.4) is 0 Å². The number of benzene rings is 3. The zero-order chi connectivity index (χ0) is 17.9. The van der Waals surface area contributed by atoms with Crippen molar-refractivity contribution < 1.29 is 0 Å². The summed E-state index contributed by atoms with van der Waals surface area (Å²) in [4.78, 5) is 4.44. The number of aryl methyl sites for hydroxylation is 2. The highest BCUT2D eigenvalue weighted by Crippen LogP contribution is 2.33. The van der Waals surface area contributed by atoms with Crippen LogP contribution in [0.4, 0.5) is 0 Å². The van der Waals surface area contributed by atoms with E-state index in [2.05, 4.69) is 85.6 Å². The van der Waals surface area contributed by atoms with E-state index in [1.165, 1.54) is 33.4 Å². The normalized spacial score (nSPS) is 10.7. The largest absolute Gasteiger partial charge is 0.256 e. The lowest BCUT2D eigenvalue weighted by molar-refractivity contribution is 1.33. The van der Waals surface area contributed by atoms with Gasteiger partial charge in [0.1, 0.15) is 0 Å². The third-order valence-electron chi connectivity index (χ3n) is 4.62. The Bertz CT molecular complexity index is 1010. The van der Waals surface area contributed by atoms with Gasteiger partial charge in [0.05, 0.1) is 5.69 Å². The van der Waals surface area contributed by atoms with E-state index in [0.29, 0.717) is 0 Å². The molecule has 1 nitrogen and oxygen atoms in total. The number of pyridine rings is 1. The van der Waals surface area contributed by atoms with Crippen LogP contribution < -0.4 is 0 Å². The zero-order valence-electron chi connectivity index (χ0n) is 15.1. The van der Waals surface area contributed by atoms with Gasteiger partial charge in [0.15, 0.2) is 0 Å². The Balaban J connectivity index is 1.77. The number of hydrogen-bond donors (Lipinski definition) is 0. The van der Waals surface area contributed by atoms with E-state index in [-0.39, 0.29) is 0 Å². The average molecular weight is 335 g/mol. The predicted octanol–water partition coefficient (Wildman–Crippen LogP) is 6.70. The molecule has 0 spiro atoms. The molecule has 0 atom stereocenters. The average Bonchev–Trinajstić information content (AvgIpc) is 2.68.